The number of ether oxygens (including phenoxy) is 1. The second-order valence-electron chi connectivity index (χ2n) is 9.33. The Morgan fingerprint density at radius 1 is 1.40 bits per heavy atom. The van der Waals surface area contributed by atoms with Crippen molar-refractivity contribution in [2.24, 2.45) is 0 Å². The molecule has 3 aliphatic heterocycles. The smallest absolute Gasteiger partial charge is 0.250 e. The van der Waals surface area contributed by atoms with E-state index in [2.05, 4.69) is 43.0 Å². The van der Waals surface area contributed by atoms with Gasteiger partial charge in [0.25, 0.3) is 0 Å². The Kier molecular flexibility index (Phi) is 6.39. The van der Waals surface area contributed by atoms with Crippen molar-refractivity contribution < 1.29 is 18.7 Å². The van der Waals surface area contributed by atoms with Crippen LogP contribution < -0.4 is 15.4 Å². The van der Waals surface area contributed by atoms with Gasteiger partial charge in [0.1, 0.15) is 23.3 Å². The summed E-state index contributed by atoms with van der Waals surface area (Å²) in [5.74, 6) is -0.839. The molecule has 0 bridgehead atoms. The minimum absolute atomic E-state index is 0.0906. The summed E-state index contributed by atoms with van der Waals surface area (Å²) in [7, 11) is 2.04. The number of rotatable bonds is 4. The first-order valence-corrected chi connectivity index (χ1v) is 12.8. The van der Waals surface area contributed by atoms with Gasteiger partial charge in [0.15, 0.2) is 5.82 Å². The lowest BCUT2D eigenvalue weighted by atomic mass is 9.84. The van der Waals surface area contributed by atoms with E-state index in [1.54, 1.807) is 11.0 Å². The number of hydrogen-bond acceptors (Lipinski definition) is 6. The van der Waals surface area contributed by atoms with E-state index in [9.17, 15) is 9.59 Å². The molecule has 3 aliphatic rings. The van der Waals surface area contributed by atoms with Crippen LogP contribution in [0.15, 0.2) is 23.2 Å². The largest absolute Gasteiger partial charge is 0.474 e. The lowest BCUT2D eigenvalue weighted by molar-refractivity contribution is -0.130. The number of likely N-dealkylation sites (tertiary alicyclic amines) is 2. The highest BCUT2D eigenvalue weighted by Gasteiger charge is 2.46. The number of carbonyl (C=O) groups is 2. The minimum atomic E-state index is -0.960. The van der Waals surface area contributed by atoms with Gasteiger partial charge in [0.2, 0.25) is 17.7 Å². The topological polar surface area (TPSA) is 86.8 Å². The van der Waals surface area contributed by atoms with Crippen LogP contribution >= 0.6 is 27.5 Å². The molecule has 1 atom stereocenters. The number of carbonyl (C=O) groups excluding carboxylic acids is 2. The molecule has 4 heterocycles. The van der Waals surface area contributed by atoms with Gasteiger partial charge in [-0.1, -0.05) is 18.2 Å². The van der Waals surface area contributed by atoms with Gasteiger partial charge in [0.05, 0.1) is 15.2 Å². The molecule has 0 aliphatic carbocycles. The van der Waals surface area contributed by atoms with Crippen LogP contribution in [0.2, 0.25) is 5.02 Å². The maximum absolute atomic E-state index is 15.3. The van der Waals surface area contributed by atoms with Gasteiger partial charge in [-0.25, -0.2) is 9.37 Å². The molecule has 11 heteroatoms. The summed E-state index contributed by atoms with van der Waals surface area (Å²) in [6.07, 6.45) is 4.12. The third-order valence-electron chi connectivity index (χ3n) is 7.31. The van der Waals surface area contributed by atoms with Crippen molar-refractivity contribution in [3.63, 3.8) is 0 Å². The van der Waals surface area contributed by atoms with Gasteiger partial charge in [-0.15, -0.1) is 0 Å². The summed E-state index contributed by atoms with van der Waals surface area (Å²) in [6, 6.07) is 1.84. The normalized spacial score (nSPS) is 21.5. The summed E-state index contributed by atoms with van der Waals surface area (Å²) in [4.78, 5) is 33.8. The van der Waals surface area contributed by atoms with Crippen molar-refractivity contribution >= 4 is 61.6 Å². The van der Waals surface area contributed by atoms with Crippen LogP contribution in [-0.2, 0) is 9.59 Å². The molecule has 0 unspecified atom stereocenters. The number of fused-ring (bicyclic) bond motifs is 3. The number of anilines is 2. The van der Waals surface area contributed by atoms with Gasteiger partial charge >= 0.3 is 0 Å². The number of amides is 2. The van der Waals surface area contributed by atoms with E-state index in [4.69, 9.17) is 16.3 Å². The molecule has 2 N–H and O–H groups in total. The monoisotopic (exact) mass is 565 g/mol. The maximum atomic E-state index is 15.3. The quantitative estimate of drug-likeness (QED) is 0.427. The van der Waals surface area contributed by atoms with Crippen molar-refractivity contribution in [3.05, 3.63) is 34.0 Å². The number of pyridine rings is 1. The SMILES string of the molecule is C=CC(=O)N1CCC2(CC1)Nc1c(c(OC[C@@H]3CCCN3C)nc3c(F)c(Br)c(Cl)cc13)NC2=O. The number of nitrogens with zero attached hydrogens (tertiary/aromatic N) is 3. The fraction of sp³-hybridized carbons (Fsp3) is 0.458. The number of halogens is 3. The highest BCUT2D eigenvalue weighted by molar-refractivity contribution is 9.10. The molecule has 0 saturated carbocycles. The molecule has 1 spiro atoms. The van der Waals surface area contributed by atoms with Gasteiger partial charge < -0.3 is 25.2 Å². The number of likely N-dealkylation sites (N-methyl/N-ethyl adjacent to an activating group) is 1. The Hall–Kier alpha value is -2.43. The zero-order valence-corrected chi connectivity index (χ0v) is 21.6. The lowest BCUT2D eigenvalue weighted by Crippen LogP contribution is -2.59. The molecule has 2 aromatic rings. The fourth-order valence-electron chi connectivity index (χ4n) is 5.12. The third kappa shape index (κ3) is 4.15. The fourth-order valence-corrected chi connectivity index (χ4v) is 5.61. The van der Waals surface area contributed by atoms with Crippen molar-refractivity contribution in [3.8, 4) is 5.88 Å². The average Bonchev–Trinajstić information content (AvgIpc) is 3.27. The van der Waals surface area contributed by atoms with Crippen LogP contribution in [0.3, 0.4) is 0 Å². The highest BCUT2D eigenvalue weighted by atomic mass is 79.9. The minimum Gasteiger partial charge on any atom is -0.474 e. The van der Waals surface area contributed by atoms with Crippen molar-refractivity contribution in [2.45, 2.75) is 37.3 Å². The van der Waals surface area contributed by atoms with Crippen molar-refractivity contribution in [2.75, 3.05) is 43.9 Å². The Morgan fingerprint density at radius 2 is 2.14 bits per heavy atom. The molecular weight excluding hydrogens is 541 g/mol. The Morgan fingerprint density at radius 3 is 2.80 bits per heavy atom. The van der Waals surface area contributed by atoms with Crippen molar-refractivity contribution in [1.82, 2.24) is 14.8 Å². The predicted molar refractivity (Wildman–Crippen MR) is 137 cm³/mol. The Labute approximate surface area is 215 Å². The number of nitrogens with one attached hydrogen (secondary N) is 2. The summed E-state index contributed by atoms with van der Waals surface area (Å²) in [6.45, 7) is 5.68. The summed E-state index contributed by atoms with van der Waals surface area (Å²) in [5, 5.41) is 7.00. The molecular formula is C24H26BrClFN5O3. The zero-order valence-electron chi connectivity index (χ0n) is 19.3. The molecule has 2 fully saturated rings. The first kappa shape index (κ1) is 24.3. The number of aromatic nitrogens is 1. The molecule has 2 saturated heterocycles. The van der Waals surface area contributed by atoms with Crippen LogP contribution in [0.25, 0.3) is 10.9 Å². The number of hydrogen-bond donors (Lipinski definition) is 2. The second-order valence-corrected chi connectivity index (χ2v) is 10.5. The van der Waals surface area contributed by atoms with E-state index in [0.29, 0.717) is 49.3 Å². The predicted octanol–water partition coefficient (Wildman–Crippen LogP) is 4.17. The van der Waals surface area contributed by atoms with Crippen LogP contribution in [0, 0.1) is 5.82 Å². The van der Waals surface area contributed by atoms with E-state index in [1.807, 2.05) is 7.05 Å². The molecule has 1 aromatic heterocycles. The van der Waals surface area contributed by atoms with Crippen molar-refractivity contribution in [1.29, 1.82) is 0 Å². The highest BCUT2D eigenvalue weighted by Crippen LogP contribution is 2.47. The summed E-state index contributed by atoms with van der Waals surface area (Å²) < 4.78 is 21.5. The van der Waals surface area contributed by atoms with E-state index in [1.165, 1.54) is 6.08 Å². The van der Waals surface area contributed by atoms with Crippen LogP contribution in [0.4, 0.5) is 15.8 Å². The average molecular weight is 567 g/mol. The van der Waals surface area contributed by atoms with Gasteiger partial charge in [-0.2, -0.15) is 0 Å². The first-order valence-electron chi connectivity index (χ1n) is 11.6. The first-order chi connectivity index (χ1) is 16.7. The lowest BCUT2D eigenvalue weighted by Gasteiger charge is -2.44. The molecule has 8 nitrogen and oxygen atoms in total. The summed E-state index contributed by atoms with van der Waals surface area (Å²) in [5.41, 5.74) is 0.0169. The van der Waals surface area contributed by atoms with Crippen LogP contribution in [0.1, 0.15) is 25.7 Å². The molecule has 186 valence electrons. The maximum Gasteiger partial charge on any atom is 0.250 e. The van der Waals surface area contributed by atoms with Gasteiger partial charge in [-0.05, 0) is 67.3 Å². The van der Waals surface area contributed by atoms with E-state index >= 15 is 4.39 Å². The third-order valence-corrected chi connectivity index (χ3v) is 8.61. The molecule has 35 heavy (non-hydrogen) atoms. The molecule has 0 radical (unpaired) electrons. The van der Waals surface area contributed by atoms with E-state index in [0.717, 1.165) is 19.4 Å². The van der Waals surface area contributed by atoms with Crippen LogP contribution in [-0.4, -0.2) is 71.5 Å². The van der Waals surface area contributed by atoms with Gasteiger partial charge in [-0.3, -0.25) is 9.59 Å². The zero-order chi connectivity index (χ0) is 24.9. The molecule has 5 rings (SSSR count). The number of piperidine rings is 1. The molecule has 2 amide bonds. The number of benzene rings is 1. The second kappa shape index (κ2) is 9.22. The standard InChI is InChI=1S/C24H26BrClFN5O3/c1-3-16(33)32-9-6-24(7-10-32)23(34)29-21-20(30-24)14-11-15(26)17(25)18(27)19(14)28-22(21)35-12-13-5-4-8-31(13)2/h3,11,13,30H,1,4-10,12H2,2H3,(H,29,34)/t13-/m0/s1. The Balaban J connectivity index is 1.55. The van der Waals surface area contributed by atoms with Crippen LogP contribution in [0.5, 0.6) is 5.88 Å². The molecule has 1 aromatic carbocycles. The van der Waals surface area contributed by atoms with E-state index < -0.39 is 11.4 Å². The van der Waals surface area contributed by atoms with Gasteiger partial charge in [0, 0.05) is 24.5 Å². The summed E-state index contributed by atoms with van der Waals surface area (Å²) >= 11 is 9.49. The van der Waals surface area contributed by atoms with E-state index in [-0.39, 0.29) is 38.7 Å². The Bertz CT molecular complexity index is 1230.